The molecule has 0 radical (unpaired) electrons. The highest BCUT2D eigenvalue weighted by Gasteiger charge is 2.16. The molecule has 4 rings (SSSR count). The van der Waals surface area contributed by atoms with Gasteiger partial charge in [-0.1, -0.05) is 36.4 Å². The monoisotopic (exact) mass is 305 g/mol. The average molecular weight is 305 g/mol. The van der Waals surface area contributed by atoms with Crippen molar-refractivity contribution in [3.63, 3.8) is 0 Å². The minimum atomic E-state index is -0.319. The fraction of sp³-hybridized carbons (Fsp3) is 0.150. The summed E-state index contributed by atoms with van der Waals surface area (Å²) in [4.78, 5) is 12.3. The highest BCUT2D eigenvalue weighted by atomic mass is 19.1. The molecule has 23 heavy (non-hydrogen) atoms. The van der Waals surface area contributed by atoms with Gasteiger partial charge in [0.05, 0.1) is 6.42 Å². The largest absolute Gasteiger partial charge is 0.325 e. The predicted octanol–water partition coefficient (Wildman–Crippen LogP) is 4.26. The predicted molar refractivity (Wildman–Crippen MR) is 90.1 cm³/mol. The van der Waals surface area contributed by atoms with Gasteiger partial charge >= 0.3 is 0 Å². The summed E-state index contributed by atoms with van der Waals surface area (Å²) in [6.07, 6.45) is 2.29. The highest BCUT2D eigenvalue weighted by Crippen LogP contribution is 2.35. The van der Waals surface area contributed by atoms with Crippen molar-refractivity contribution in [1.29, 1.82) is 0 Å². The Balaban J connectivity index is 1.62. The Morgan fingerprint density at radius 1 is 1.00 bits per heavy atom. The van der Waals surface area contributed by atoms with Crippen LogP contribution >= 0.6 is 0 Å². The molecule has 1 N–H and O–H groups in total. The Morgan fingerprint density at radius 2 is 1.78 bits per heavy atom. The number of halogens is 1. The van der Waals surface area contributed by atoms with Gasteiger partial charge in [-0.25, -0.2) is 4.39 Å². The fourth-order valence-corrected chi connectivity index (χ4v) is 3.38. The number of hydrogen-bond donors (Lipinski definition) is 1. The van der Waals surface area contributed by atoms with Crippen LogP contribution in [-0.4, -0.2) is 5.91 Å². The number of aryl methyl sites for hydroxylation is 2. The van der Waals surface area contributed by atoms with E-state index in [1.54, 1.807) is 12.1 Å². The van der Waals surface area contributed by atoms with Crippen LogP contribution in [0.1, 0.15) is 16.7 Å². The number of rotatable bonds is 3. The molecule has 0 aromatic heterocycles. The van der Waals surface area contributed by atoms with Crippen molar-refractivity contribution in [3.8, 4) is 0 Å². The van der Waals surface area contributed by atoms with Crippen LogP contribution in [0.15, 0.2) is 54.6 Å². The summed E-state index contributed by atoms with van der Waals surface area (Å²) in [5.74, 6) is -0.449. The summed E-state index contributed by atoms with van der Waals surface area (Å²) >= 11 is 0. The Labute approximate surface area is 134 Å². The maximum absolute atomic E-state index is 13.2. The first-order chi connectivity index (χ1) is 11.2. The molecule has 0 aliphatic heterocycles. The van der Waals surface area contributed by atoms with Crippen molar-refractivity contribution in [1.82, 2.24) is 0 Å². The molecule has 0 spiro atoms. The zero-order valence-electron chi connectivity index (χ0n) is 12.6. The van der Waals surface area contributed by atoms with Crippen LogP contribution in [-0.2, 0) is 24.1 Å². The summed E-state index contributed by atoms with van der Waals surface area (Å²) in [6.45, 7) is 0. The van der Waals surface area contributed by atoms with Gasteiger partial charge < -0.3 is 5.32 Å². The third-order valence-electron chi connectivity index (χ3n) is 4.40. The summed E-state index contributed by atoms with van der Waals surface area (Å²) < 4.78 is 13.2. The third-order valence-corrected chi connectivity index (χ3v) is 4.40. The molecule has 0 saturated heterocycles. The van der Waals surface area contributed by atoms with Gasteiger partial charge in [-0.3, -0.25) is 4.79 Å². The van der Waals surface area contributed by atoms with Gasteiger partial charge in [0, 0.05) is 11.1 Å². The lowest BCUT2D eigenvalue weighted by Gasteiger charge is -2.11. The van der Waals surface area contributed by atoms with Crippen LogP contribution in [0.2, 0.25) is 0 Å². The molecule has 1 aliphatic carbocycles. The van der Waals surface area contributed by atoms with E-state index in [0.717, 1.165) is 23.9 Å². The van der Waals surface area contributed by atoms with E-state index in [2.05, 4.69) is 17.4 Å². The van der Waals surface area contributed by atoms with Gasteiger partial charge in [0.15, 0.2) is 0 Å². The second kappa shape index (κ2) is 5.51. The lowest BCUT2D eigenvalue weighted by atomic mass is 10.0. The van der Waals surface area contributed by atoms with Crippen molar-refractivity contribution in [2.45, 2.75) is 19.3 Å². The number of carbonyl (C=O) groups is 1. The maximum Gasteiger partial charge on any atom is 0.228 e. The Kier molecular flexibility index (Phi) is 3.34. The van der Waals surface area contributed by atoms with Crippen molar-refractivity contribution in [3.05, 3.63) is 77.1 Å². The first-order valence-electron chi connectivity index (χ1n) is 7.78. The number of nitrogens with one attached hydrogen (secondary N) is 1. The fourth-order valence-electron chi connectivity index (χ4n) is 3.38. The van der Waals surface area contributed by atoms with E-state index < -0.39 is 0 Å². The maximum atomic E-state index is 13.2. The lowest BCUT2D eigenvalue weighted by Crippen LogP contribution is -2.14. The first kappa shape index (κ1) is 13.9. The van der Waals surface area contributed by atoms with Crippen molar-refractivity contribution in [2.75, 3.05) is 5.32 Å². The van der Waals surface area contributed by atoms with Gasteiger partial charge in [0.1, 0.15) is 5.82 Å². The zero-order chi connectivity index (χ0) is 15.8. The molecule has 3 aromatic carbocycles. The van der Waals surface area contributed by atoms with E-state index in [1.807, 2.05) is 18.2 Å². The number of benzene rings is 3. The molecule has 0 atom stereocenters. The minimum absolute atomic E-state index is 0.130. The van der Waals surface area contributed by atoms with Gasteiger partial charge in [-0.05, 0) is 53.1 Å². The molecule has 3 aromatic rings. The molecule has 0 unspecified atom stereocenters. The van der Waals surface area contributed by atoms with Crippen LogP contribution in [0.5, 0.6) is 0 Å². The molecule has 114 valence electrons. The van der Waals surface area contributed by atoms with E-state index in [9.17, 15) is 9.18 Å². The molecular weight excluding hydrogens is 289 g/mol. The lowest BCUT2D eigenvalue weighted by molar-refractivity contribution is -0.115. The van der Waals surface area contributed by atoms with Crippen LogP contribution < -0.4 is 5.32 Å². The summed E-state index contributed by atoms with van der Waals surface area (Å²) in [6, 6.07) is 16.5. The number of carbonyl (C=O) groups excluding carboxylic acids is 1. The second-order valence-electron chi connectivity index (χ2n) is 5.97. The highest BCUT2D eigenvalue weighted by molar-refractivity contribution is 6.05. The number of anilines is 1. The van der Waals surface area contributed by atoms with Crippen LogP contribution in [0, 0.1) is 5.82 Å². The summed E-state index contributed by atoms with van der Waals surface area (Å²) in [5.41, 5.74) is 4.19. The van der Waals surface area contributed by atoms with Gasteiger partial charge in [-0.15, -0.1) is 0 Å². The number of amides is 1. The Hall–Kier alpha value is -2.68. The van der Waals surface area contributed by atoms with E-state index in [1.165, 1.54) is 28.6 Å². The molecular formula is C20H16FNO. The standard InChI is InChI=1S/C20H16FNO/c21-16-5-1-3-13(11-16)12-19(23)22-18-10-9-15-8-7-14-4-2-6-17(18)20(14)15/h1-6,9-11H,7-8,12H2,(H,22,23). The molecule has 0 bridgehead atoms. The molecule has 0 fully saturated rings. The molecule has 0 saturated carbocycles. The summed E-state index contributed by atoms with van der Waals surface area (Å²) in [7, 11) is 0. The van der Waals surface area contributed by atoms with E-state index in [4.69, 9.17) is 0 Å². The molecule has 1 amide bonds. The van der Waals surface area contributed by atoms with Crippen LogP contribution in [0.3, 0.4) is 0 Å². The Bertz CT molecular complexity index is 906. The normalized spacial score (nSPS) is 12.6. The van der Waals surface area contributed by atoms with Crippen LogP contribution in [0.25, 0.3) is 10.8 Å². The quantitative estimate of drug-likeness (QED) is 0.769. The van der Waals surface area contributed by atoms with E-state index in [-0.39, 0.29) is 18.1 Å². The SMILES string of the molecule is O=C(Cc1cccc(F)c1)Nc1ccc2c3c(cccc13)CC2. The Morgan fingerprint density at radius 3 is 2.61 bits per heavy atom. The first-order valence-corrected chi connectivity index (χ1v) is 7.78. The van der Waals surface area contributed by atoms with Crippen LogP contribution in [0.4, 0.5) is 10.1 Å². The smallest absolute Gasteiger partial charge is 0.228 e. The molecule has 2 nitrogen and oxygen atoms in total. The topological polar surface area (TPSA) is 29.1 Å². The van der Waals surface area contributed by atoms with Crippen molar-refractivity contribution < 1.29 is 9.18 Å². The zero-order valence-corrected chi connectivity index (χ0v) is 12.6. The second-order valence-corrected chi connectivity index (χ2v) is 5.97. The van der Waals surface area contributed by atoms with Crippen molar-refractivity contribution >= 4 is 22.4 Å². The van der Waals surface area contributed by atoms with E-state index >= 15 is 0 Å². The average Bonchev–Trinajstić information content (AvgIpc) is 2.95. The van der Waals surface area contributed by atoms with Crippen molar-refractivity contribution in [2.24, 2.45) is 0 Å². The number of hydrogen-bond acceptors (Lipinski definition) is 1. The van der Waals surface area contributed by atoms with Gasteiger partial charge in [-0.2, -0.15) is 0 Å². The summed E-state index contributed by atoms with van der Waals surface area (Å²) in [5, 5.41) is 5.34. The third kappa shape index (κ3) is 2.59. The minimum Gasteiger partial charge on any atom is -0.325 e. The molecule has 1 aliphatic rings. The molecule has 3 heteroatoms. The van der Waals surface area contributed by atoms with Gasteiger partial charge in [0.2, 0.25) is 5.91 Å². The molecule has 0 heterocycles. The van der Waals surface area contributed by atoms with Gasteiger partial charge in [0.25, 0.3) is 0 Å². The van der Waals surface area contributed by atoms with E-state index in [0.29, 0.717) is 5.56 Å².